The predicted octanol–water partition coefficient (Wildman–Crippen LogP) is 11.6. The second kappa shape index (κ2) is 30.2. The Morgan fingerprint density at radius 1 is 0.525 bits per heavy atom. The fourth-order valence-electron chi connectivity index (χ4n) is 11.7. The van der Waals surface area contributed by atoms with E-state index in [2.05, 4.69) is 87.4 Å². The number of carbonyl (C=O) groups is 3. The molecule has 9 N–H and O–H groups in total. The normalized spacial score (nSPS) is 13.3. The molecule has 25 heteroatoms. The standard InChI is InChI=1S/C29H27N7O2.C26H25N5O3.C21H16N6O2/c30-24-6-1-2-7-25(24)34-29(37)21-5-3-4-20(18-21)26-19-36-13-12-31-28(36)27(33-26)32-22-8-10-23(11-9-22)35-14-16-38-17-15-35;32-18-23(33)10-3-19-1-4-20(5-2-19)24-17-31-12-11-27-26(31)25(29-24)28-21-6-8-22(9-7-21)30-13-15-34-16-14-30;28-21(26-29)13-3-5-17(6-4-13)24-19-20-23-7-8-27(20)12-18(25-19)14-1-2-15-10-22-11-16(15)9-14/h1-13,18-19H,14-17,30H2,(H,32,33)(H,34,37);1-12,17,32H,13-16,18H2,(H,28,29);1-10,12,29H,11H2,(H,24,25)(H,26,28)/b;10-3+;. The number of nitrogens with one attached hydrogen (secondary N) is 5. The van der Waals surface area contributed by atoms with Crippen molar-refractivity contribution in [2.75, 3.05) is 96.0 Å². The Labute approximate surface area is 579 Å². The summed E-state index contributed by atoms with van der Waals surface area (Å²) in [4.78, 5) is 72.5. The van der Waals surface area contributed by atoms with Gasteiger partial charge in [-0.1, -0.05) is 66.7 Å². The van der Waals surface area contributed by atoms with Crippen LogP contribution in [-0.2, 0) is 20.8 Å². The van der Waals surface area contributed by atoms with Crippen molar-refractivity contribution in [1.29, 1.82) is 0 Å². The van der Waals surface area contributed by atoms with Gasteiger partial charge < -0.3 is 64.6 Å². The lowest BCUT2D eigenvalue weighted by molar-refractivity contribution is -0.117. The zero-order chi connectivity index (χ0) is 69.0. The number of aliphatic imine (C=N–C) groups is 1. The summed E-state index contributed by atoms with van der Waals surface area (Å²) in [6.45, 7) is 6.79. The summed E-state index contributed by atoms with van der Waals surface area (Å²) < 4.78 is 16.7. The van der Waals surface area contributed by atoms with Crippen molar-refractivity contribution in [1.82, 2.24) is 48.6 Å². The molecular weight excluding hydrogens is 1280 g/mol. The molecule has 101 heavy (non-hydrogen) atoms. The third kappa shape index (κ3) is 15.4. The Hall–Kier alpha value is -12.9. The summed E-state index contributed by atoms with van der Waals surface area (Å²) in [6, 6.07) is 51.8. The van der Waals surface area contributed by atoms with Crippen LogP contribution < -0.4 is 42.3 Å². The van der Waals surface area contributed by atoms with Crippen molar-refractivity contribution in [3.63, 3.8) is 0 Å². The minimum Gasteiger partial charge on any atom is -0.397 e. The lowest BCUT2D eigenvalue weighted by Gasteiger charge is -2.28. The fraction of sp³-hybridized carbons (Fsp3) is 0.132. The van der Waals surface area contributed by atoms with Crippen LogP contribution in [0.1, 0.15) is 37.4 Å². The first-order chi connectivity index (χ1) is 49.5. The third-order valence-electron chi connectivity index (χ3n) is 17.0. The minimum absolute atomic E-state index is 0.243. The summed E-state index contributed by atoms with van der Waals surface area (Å²) in [7, 11) is 0. The van der Waals surface area contributed by atoms with Crippen molar-refractivity contribution in [3.05, 3.63) is 253 Å². The first-order valence-corrected chi connectivity index (χ1v) is 32.6. The maximum absolute atomic E-state index is 12.9. The summed E-state index contributed by atoms with van der Waals surface area (Å²) in [6.07, 6.45) is 21.6. The highest BCUT2D eigenvalue weighted by Gasteiger charge is 2.19. The van der Waals surface area contributed by atoms with Crippen LogP contribution in [0.2, 0.25) is 0 Å². The highest BCUT2D eigenvalue weighted by Crippen LogP contribution is 2.32. The van der Waals surface area contributed by atoms with Gasteiger partial charge >= 0.3 is 0 Å². The molecule has 0 bridgehead atoms. The van der Waals surface area contributed by atoms with E-state index in [1.807, 2.05) is 142 Å². The number of para-hydroxylation sites is 2. The Bertz CT molecular complexity index is 5180. The van der Waals surface area contributed by atoms with Crippen molar-refractivity contribution < 1.29 is 34.2 Å². The number of nitrogen functional groups attached to an aromatic ring is 1. The number of imidazole rings is 3. The number of hydroxylamine groups is 1. The van der Waals surface area contributed by atoms with Crippen LogP contribution in [0.4, 0.5) is 57.3 Å². The number of aliphatic hydroxyl groups excluding tert-OH is 1. The Balaban J connectivity index is 0.000000130. The van der Waals surface area contributed by atoms with E-state index >= 15 is 0 Å². The Kier molecular flexibility index (Phi) is 19.6. The Morgan fingerprint density at radius 2 is 1.02 bits per heavy atom. The number of morpholine rings is 2. The number of hydrogen-bond acceptors (Lipinski definition) is 20. The quantitative estimate of drug-likeness (QED) is 0.0182. The summed E-state index contributed by atoms with van der Waals surface area (Å²) >= 11 is 0. The number of aromatic nitrogens is 9. The van der Waals surface area contributed by atoms with Crippen molar-refractivity contribution >= 4 is 104 Å². The highest BCUT2D eigenvalue weighted by atomic mass is 16.5. The van der Waals surface area contributed by atoms with Crippen LogP contribution in [0.3, 0.4) is 0 Å². The monoisotopic (exact) mass is 1340 g/mol. The molecule has 2 amide bonds. The van der Waals surface area contributed by atoms with Gasteiger partial charge in [-0.25, -0.2) is 35.4 Å². The molecule has 0 unspecified atom stereocenters. The van der Waals surface area contributed by atoms with Gasteiger partial charge in [0.15, 0.2) is 40.2 Å². The number of benzene rings is 7. The van der Waals surface area contributed by atoms with Gasteiger partial charge in [0.2, 0.25) is 0 Å². The van der Waals surface area contributed by atoms with Crippen LogP contribution >= 0.6 is 0 Å². The topological polar surface area (TPSA) is 306 Å². The van der Waals surface area contributed by atoms with Gasteiger partial charge in [-0.3, -0.25) is 24.6 Å². The molecule has 6 aromatic heterocycles. The number of fused-ring (bicyclic) bond motifs is 4. The molecule has 25 nitrogen and oxygen atoms in total. The molecular formula is C76H68N18O7. The molecule has 7 aromatic carbocycles. The number of nitrogens with zero attached hydrogens (tertiary/aromatic N) is 12. The number of rotatable bonds is 17. The molecule has 13 aromatic rings. The van der Waals surface area contributed by atoms with Gasteiger partial charge in [-0.15, -0.1) is 0 Å². The molecule has 3 aliphatic rings. The molecule has 16 rings (SSSR count). The van der Waals surface area contributed by atoms with Gasteiger partial charge in [-0.2, -0.15) is 0 Å². The van der Waals surface area contributed by atoms with Gasteiger partial charge in [-0.05, 0) is 126 Å². The molecule has 0 spiro atoms. The van der Waals surface area contributed by atoms with E-state index in [1.165, 1.54) is 23.0 Å². The first kappa shape index (κ1) is 65.4. The van der Waals surface area contributed by atoms with Gasteiger partial charge in [0, 0.05) is 144 Å². The largest absolute Gasteiger partial charge is 0.397 e. The number of hydrogen-bond donors (Lipinski definition) is 8. The summed E-state index contributed by atoms with van der Waals surface area (Å²) in [5.41, 5.74) is 24.9. The van der Waals surface area contributed by atoms with Gasteiger partial charge in [0.25, 0.3) is 11.8 Å². The maximum Gasteiger partial charge on any atom is 0.274 e. The molecule has 0 saturated carbocycles. The molecule has 0 aliphatic carbocycles. The zero-order valence-corrected chi connectivity index (χ0v) is 54.5. The average molecular weight is 1350 g/mol. The van der Waals surface area contributed by atoms with E-state index < -0.39 is 12.5 Å². The van der Waals surface area contributed by atoms with Crippen LogP contribution in [-0.4, -0.2) is 136 Å². The number of aliphatic hydroxyl groups is 1. The lowest BCUT2D eigenvalue weighted by atomic mass is 10.0. The van der Waals surface area contributed by atoms with Crippen LogP contribution in [0, 0.1) is 0 Å². The molecule has 2 saturated heterocycles. The van der Waals surface area contributed by atoms with E-state index in [1.54, 1.807) is 72.6 Å². The van der Waals surface area contributed by atoms with Crippen molar-refractivity contribution in [3.8, 4) is 33.8 Å². The predicted molar refractivity (Wildman–Crippen MR) is 391 cm³/mol. The van der Waals surface area contributed by atoms with E-state index in [4.69, 9.17) is 40.5 Å². The van der Waals surface area contributed by atoms with E-state index in [0.29, 0.717) is 63.5 Å². The second-order valence-electron chi connectivity index (χ2n) is 23.7. The molecule has 9 heterocycles. The van der Waals surface area contributed by atoms with Crippen LogP contribution in [0.5, 0.6) is 0 Å². The third-order valence-corrected chi connectivity index (χ3v) is 17.0. The number of nitrogens with two attached hydrogens (primary N) is 1. The molecule has 0 atom stereocenters. The highest BCUT2D eigenvalue weighted by molar-refractivity contribution is 6.06. The van der Waals surface area contributed by atoms with E-state index in [0.717, 1.165) is 115 Å². The fourth-order valence-corrected chi connectivity index (χ4v) is 11.7. The lowest BCUT2D eigenvalue weighted by Crippen LogP contribution is -2.36. The Morgan fingerprint density at radius 3 is 1.53 bits per heavy atom. The first-order valence-electron chi connectivity index (χ1n) is 32.6. The van der Waals surface area contributed by atoms with Gasteiger partial charge in [0.1, 0.15) is 6.61 Å². The average Bonchev–Trinajstić information content (AvgIpc) is 1.73. The molecule has 504 valence electrons. The number of anilines is 10. The number of carbonyl (C=O) groups excluding carboxylic acids is 3. The molecule has 2 fully saturated rings. The minimum atomic E-state index is -0.562. The number of amides is 2. The number of ketones is 1. The van der Waals surface area contributed by atoms with Gasteiger partial charge in [0.05, 0.1) is 61.4 Å². The van der Waals surface area contributed by atoms with E-state index in [9.17, 15) is 14.4 Å². The summed E-state index contributed by atoms with van der Waals surface area (Å²) in [5, 5.41) is 30.6. The molecule has 0 radical (unpaired) electrons. The van der Waals surface area contributed by atoms with E-state index in [-0.39, 0.29) is 11.7 Å². The SMILES string of the molecule is Nc1ccccc1NC(=O)c1cccc(-c2cn3ccnc3c(Nc3ccc(N4CCOCC4)cc3)n2)c1.O=C(/C=C/c1ccc(-c2cn3ccnc3c(Nc3ccc(N4CCOCC4)cc3)n2)cc1)CO.O=C(NO)c1ccc(Nc2nc(-c3ccc4c(c3)CN=C4)cn3ccnc23)cc1. The number of ether oxygens (including phenoxy) is 2. The maximum atomic E-state index is 12.9. The second-order valence-corrected chi connectivity index (χ2v) is 23.7. The van der Waals surface area contributed by atoms with Crippen LogP contribution in [0.25, 0.3) is 56.8 Å². The molecule has 3 aliphatic heterocycles. The smallest absolute Gasteiger partial charge is 0.274 e. The van der Waals surface area contributed by atoms with Crippen molar-refractivity contribution in [2.24, 2.45) is 4.99 Å². The zero-order valence-electron chi connectivity index (χ0n) is 54.5. The summed E-state index contributed by atoms with van der Waals surface area (Å²) in [5.74, 6) is 0.756. The van der Waals surface area contributed by atoms with Crippen LogP contribution in [0.15, 0.2) is 231 Å². The van der Waals surface area contributed by atoms with Crippen molar-refractivity contribution in [2.45, 2.75) is 6.54 Å².